The summed E-state index contributed by atoms with van der Waals surface area (Å²) in [5, 5.41) is 0. The Balaban J connectivity index is 2.01. The van der Waals surface area contributed by atoms with E-state index < -0.39 is 0 Å². The smallest absolute Gasteiger partial charge is 0.0810 e. The topological polar surface area (TPSA) is 25.2 Å². The van der Waals surface area contributed by atoms with Crippen LogP contribution in [0.3, 0.4) is 0 Å². The van der Waals surface area contributed by atoms with Crippen LogP contribution in [0.4, 0.5) is 5.69 Å². The van der Waals surface area contributed by atoms with Gasteiger partial charge in [-0.05, 0) is 57.0 Å². The van der Waals surface area contributed by atoms with Crippen LogP contribution in [-0.4, -0.2) is 10.7 Å². The number of aryl methyl sites for hydroxylation is 4. The predicted octanol–water partition coefficient (Wildman–Crippen LogP) is 5.46. The summed E-state index contributed by atoms with van der Waals surface area (Å²) in [7, 11) is 0. The molecule has 0 saturated heterocycles. The van der Waals surface area contributed by atoms with Crippen molar-refractivity contribution in [1.82, 2.24) is 4.98 Å². The monoisotopic (exact) mass is 312 g/mol. The standard InChI is InChI=1S/C22H20N2/c1-13-7-8-17-19(12-13)22(18-6-5-9-23-21(17)18)24-20-15(3)10-14(2)11-16(20)4/h5-12H,1-4H3. The SMILES string of the molecule is Cc1cc(C)c(N=C2c3cc(C)ccc3-c3ncccc32)c(C)c1. The molecule has 0 aliphatic heterocycles. The molecule has 1 aromatic heterocycles. The number of aliphatic imine (C=N–C) groups is 1. The fourth-order valence-electron chi connectivity index (χ4n) is 3.60. The second kappa shape index (κ2) is 5.41. The molecule has 1 aliphatic rings. The minimum atomic E-state index is 1.03. The maximum Gasteiger partial charge on any atom is 0.0810 e. The van der Waals surface area contributed by atoms with Gasteiger partial charge in [0.1, 0.15) is 0 Å². The third-order valence-corrected chi connectivity index (χ3v) is 4.61. The number of hydrogen-bond donors (Lipinski definition) is 0. The van der Waals surface area contributed by atoms with Gasteiger partial charge >= 0.3 is 0 Å². The van der Waals surface area contributed by atoms with Gasteiger partial charge in [-0.1, -0.05) is 35.4 Å². The van der Waals surface area contributed by atoms with Crippen molar-refractivity contribution >= 4 is 11.4 Å². The lowest BCUT2D eigenvalue weighted by Crippen LogP contribution is -1.99. The minimum Gasteiger partial charge on any atom is -0.256 e. The Morgan fingerprint density at radius 3 is 2.25 bits per heavy atom. The van der Waals surface area contributed by atoms with Crippen LogP contribution in [0.15, 0.2) is 53.7 Å². The van der Waals surface area contributed by atoms with Gasteiger partial charge < -0.3 is 0 Å². The summed E-state index contributed by atoms with van der Waals surface area (Å²) in [5.74, 6) is 0. The summed E-state index contributed by atoms with van der Waals surface area (Å²) < 4.78 is 0. The van der Waals surface area contributed by atoms with Crippen LogP contribution in [0.2, 0.25) is 0 Å². The highest BCUT2D eigenvalue weighted by Gasteiger charge is 2.26. The van der Waals surface area contributed by atoms with E-state index in [2.05, 4.69) is 69.1 Å². The molecule has 1 aliphatic carbocycles. The van der Waals surface area contributed by atoms with Gasteiger partial charge in [-0.15, -0.1) is 0 Å². The van der Waals surface area contributed by atoms with Crippen molar-refractivity contribution < 1.29 is 0 Å². The first kappa shape index (κ1) is 14.8. The van der Waals surface area contributed by atoms with Crippen LogP contribution in [0.5, 0.6) is 0 Å². The van der Waals surface area contributed by atoms with Crippen molar-refractivity contribution in [3.63, 3.8) is 0 Å². The van der Waals surface area contributed by atoms with E-state index in [1.165, 1.54) is 33.4 Å². The van der Waals surface area contributed by atoms with Crippen molar-refractivity contribution in [2.24, 2.45) is 4.99 Å². The normalized spacial score (nSPS) is 13.9. The zero-order valence-corrected chi connectivity index (χ0v) is 14.5. The molecule has 0 bridgehead atoms. The highest BCUT2D eigenvalue weighted by molar-refractivity contribution is 6.24. The number of hydrogen-bond acceptors (Lipinski definition) is 2. The molecule has 0 spiro atoms. The number of aromatic nitrogens is 1. The quantitative estimate of drug-likeness (QED) is 0.458. The average Bonchev–Trinajstić information content (AvgIpc) is 2.84. The van der Waals surface area contributed by atoms with Crippen LogP contribution in [0.1, 0.15) is 33.4 Å². The van der Waals surface area contributed by atoms with Gasteiger partial charge in [0, 0.05) is 22.9 Å². The molecule has 0 saturated carbocycles. The zero-order valence-electron chi connectivity index (χ0n) is 14.5. The van der Waals surface area contributed by atoms with E-state index in [0.29, 0.717) is 0 Å². The fraction of sp³-hybridized carbons (Fsp3) is 0.182. The first-order valence-corrected chi connectivity index (χ1v) is 8.28. The number of fused-ring (bicyclic) bond motifs is 3. The molecule has 4 rings (SSSR count). The fourth-order valence-corrected chi connectivity index (χ4v) is 3.60. The molecular formula is C22H20N2. The van der Waals surface area contributed by atoms with Gasteiger partial charge in [0.25, 0.3) is 0 Å². The van der Waals surface area contributed by atoms with Crippen LogP contribution < -0.4 is 0 Å². The summed E-state index contributed by atoms with van der Waals surface area (Å²) in [6.07, 6.45) is 1.85. The number of pyridine rings is 1. The second-order valence-electron chi connectivity index (χ2n) is 6.66. The number of rotatable bonds is 1. The van der Waals surface area contributed by atoms with E-state index in [1.807, 2.05) is 12.3 Å². The van der Waals surface area contributed by atoms with Gasteiger partial charge in [-0.25, -0.2) is 4.99 Å². The molecule has 1 heterocycles. The molecule has 0 amide bonds. The predicted molar refractivity (Wildman–Crippen MR) is 100 cm³/mol. The molecular weight excluding hydrogens is 292 g/mol. The lowest BCUT2D eigenvalue weighted by atomic mass is 10.0. The number of benzene rings is 2. The molecule has 118 valence electrons. The molecule has 0 fully saturated rings. The summed E-state index contributed by atoms with van der Waals surface area (Å²) in [6, 6.07) is 15.0. The summed E-state index contributed by atoms with van der Waals surface area (Å²) in [4.78, 5) is 9.70. The van der Waals surface area contributed by atoms with E-state index in [-0.39, 0.29) is 0 Å². The zero-order chi connectivity index (χ0) is 16.8. The van der Waals surface area contributed by atoms with Gasteiger partial charge in [-0.2, -0.15) is 0 Å². The highest BCUT2D eigenvalue weighted by Crippen LogP contribution is 2.38. The van der Waals surface area contributed by atoms with Crippen molar-refractivity contribution in [1.29, 1.82) is 0 Å². The third kappa shape index (κ3) is 2.26. The molecule has 24 heavy (non-hydrogen) atoms. The summed E-state index contributed by atoms with van der Waals surface area (Å²) >= 11 is 0. The summed E-state index contributed by atoms with van der Waals surface area (Å²) in [5.41, 5.74) is 11.6. The molecule has 2 nitrogen and oxygen atoms in total. The lowest BCUT2D eigenvalue weighted by molar-refractivity contribution is 1.28. The lowest BCUT2D eigenvalue weighted by Gasteiger charge is -2.09. The van der Waals surface area contributed by atoms with E-state index in [4.69, 9.17) is 4.99 Å². The second-order valence-corrected chi connectivity index (χ2v) is 6.66. The van der Waals surface area contributed by atoms with Crippen molar-refractivity contribution in [3.8, 4) is 11.3 Å². The molecule has 0 radical (unpaired) electrons. The maximum atomic E-state index is 5.10. The van der Waals surface area contributed by atoms with Crippen LogP contribution in [-0.2, 0) is 0 Å². The molecule has 0 atom stereocenters. The molecule has 3 aromatic rings. The van der Waals surface area contributed by atoms with Crippen molar-refractivity contribution in [2.75, 3.05) is 0 Å². The van der Waals surface area contributed by atoms with E-state index in [0.717, 1.165) is 22.7 Å². The van der Waals surface area contributed by atoms with E-state index in [9.17, 15) is 0 Å². The minimum absolute atomic E-state index is 1.03. The maximum absolute atomic E-state index is 5.10. The van der Waals surface area contributed by atoms with E-state index in [1.54, 1.807) is 0 Å². The van der Waals surface area contributed by atoms with E-state index >= 15 is 0 Å². The van der Waals surface area contributed by atoms with Crippen LogP contribution in [0.25, 0.3) is 11.3 Å². The van der Waals surface area contributed by atoms with Gasteiger partial charge in [0.15, 0.2) is 0 Å². The highest BCUT2D eigenvalue weighted by atomic mass is 14.8. The Morgan fingerprint density at radius 1 is 0.750 bits per heavy atom. The van der Waals surface area contributed by atoms with Crippen molar-refractivity contribution in [3.05, 3.63) is 82.0 Å². The van der Waals surface area contributed by atoms with Gasteiger partial charge in [0.05, 0.1) is 17.1 Å². The largest absolute Gasteiger partial charge is 0.256 e. The summed E-state index contributed by atoms with van der Waals surface area (Å²) in [6.45, 7) is 8.52. The molecule has 2 aromatic carbocycles. The van der Waals surface area contributed by atoms with Crippen molar-refractivity contribution in [2.45, 2.75) is 27.7 Å². The van der Waals surface area contributed by atoms with Gasteiger partial charge in [-0.3, -0.25) is 4.98 Å². The Bertz CT molecular complexity index is 974. The Kier molecular flexibility index (Phi) is 3.34. The van der Waals surface area contributed by atoms with Crippen LogP contribution in [0, 0.1) is 27.7 Å². The molecule has 0 N–H and O–H groups in total. The molecule has 0 unspecified atom stereocenters. The first-order chi connectivity index (χ1) is 11.5. The number of nitrogens with zero attached hydrogens (tertiary/aromatic N) is 2. The Hall–Kier alpha value is -2.74. The third-order valence-electron chi connectivity index (χ3n) is 4.61. The first-order valence-electron chi connectivity index (χ1n) is 8.28. The van der Waals surface area contributed by atoms with Crippen LogP contribution >= 0.6 is 0 Å². The average molecular weight is 312 g/mol. The Morgan fingerprint density at radius 2 is 1.50 bits per heavy atom. The van der Waals surface area contributed by atoms with Gasteiger partial charge in [0.2, 0.25) is 0 Å². The molecule has 2 heteroatoms. The Labute approximate surface area is 142 Å².